The summed E-state index contributed by atoms with van der Waals surface area (Å²) in [5.74, 6) is 2.82. The van der Waals surface area contributed by atoms with Crippen molar-refractivity contribution in [3.8, 4) is 0 Å². The minimum atomic E-state index is 0.833. The SMILES string of the molecule is CC(C)C1CCCCC1NCC1CCC1. The largest absolute Gasteiger partial charge is 0.313 e. The van der Waals surface area contributed by atoms with Crippen molar-refractivity contribution in [3.63, 3.8) is 0 Å². The summed E-state index contributed by atoms with van der Waals surface area (Å²) < 4.78 is 0. The molecule has 0 amide bonds. The van der Waals surface area contributed by atoms with Gasteiger partial charge in [0.05, 0.1) is 0 Å². The van der Waals surface area contributed by atoms with E-state index in [0.29, 0.717) is 0 Å². The molecule has 2 aliphatic rings. The van der Waals surface area contributed by atoms with Gasteiger partial charge in [-0.1, -0.05) is 33.1 Å². The fraction of sp³-hybridized carbons (Fsp3) is 1.00. The Morgan fingerprint density at radius 2 is 1.73 bits per heavy atom. The minimum absolute atomic E-state index is 0.833. The highest BCUT2D eigenvalue weighted by Crippen LogP contribution is 2.31. The monoisotopic (exact) mass is 209 g/mol. The number of hydrogen-bond acceptors (Lipinski definition) is 1. The van der Waals surface area contributed by atoms with E-state index in [-0.39, 0.29) is 0 Å². The molecule has 0 aromatic rings. The zero-order valence-corrected chi connectivity index (χ0v) is 10.5. The highest BCUT2D eigenvalue weighted by atomic mass is 14.9. The normalized spacial score (nSPS) is 33.0. The summed E-state index contributed by atoms with van der Waals surface area (Å²) in [7, 11) is 0. The third-order valence-corrected chi connectivity index (χ3v) is 4.57. The summed E-state index contributed by atoms with van der Waals surface area (Å²) in [6.45, 7) is 6.09. The molecule has 15 heavy (non-hydrogen) atoms. The lowest BCUT2D eigenvalue weighted by Crippen LogP contribution is -2.43. The van der Waals surface area contributed by atoms with E-state index in [1.165, 1.54) is 51.5 Å². The Kier molecular flexibility index (Phi) is 4.07. The average molecular weight is 209 g/mol. The fourth-order valence-electron chi connectivity index (χ4n) is 3.23. The molecule has 2 rings (SSSR count). The molecular weight excluding hydrogens is 182 g/mol. The molecule has 0 bridgehead atoms. The number of hydrogen-bond donors (Lipinski definition) is 1. The lowest BCUT2D eigenvalue weighted by molar-refractivity contribution is 0.186. The van der Waals surface area contributed by atoms with Gasteiger partial charge in [0, 0.05) is 6.04 Å². The summed E-state index contributed by atoms with van der Waals surface area (Å²) in [6, 6.07) is 0.833. The summed E-state index contributed by atoms with van der Waals surface area (Å²) in [5.41, 5.74) is 0. The molecule has 1 nitrogen and oxygen atoms in total. The Morgan fingerprint density at radius 3 is 2.33 bits per heavy atom. The van der Waals surface area contributed by atoms with Crippen LogP contribution < -0.4 is 5.32 Å². The van der Waals surface area contributed by atoms with Gasteiger partial charge in [0.25, 0.3) is 0 Å². The highest BCUT2D eigenvalue weighted by molar-refractivity contribution is 4.84. The van der Waals surface area contributed by atoms with Crippen LogP contribution >= 0.6 is 0 Å². The molecule has 0 saturated heterocycles. The van der Waals surface area contributed by atoms with Crippen LogP contribution in [-0.2, 0) is 0 Å². The predicted octanol–water partition coefficient (Wildman–Crippen LogP) is 3.59. The second-order valence-electron chi connectivity index (χ2n) is 6.00. The van der Waals surface area contributed by atoms with Gasteiger partial charge in [-0.05, 0) is 50.0 Å². The molecule has 0 heterocycles. The van der Waals surface area contributed by atoms with Gasteiger partial charge in [-0.25, -0.2) is 0 Å². The Bertz CT molecular complexity index is 184. The first-order chi connectivity index (χ1) is 7.27. The minimum Gasteiger partial charge on any atom is -0.313 e. The first-order valence-electron chi connectivity index (χ1n) is 7.00. The van der Waals surface area contributed by atoms with Crippen molar-refractivity contribution in [1.29, 1.82) is 0 Å². The zero-order chi connectivity index (χ0) is 10.7. The Morgan fingerprint density at radius 1 is 1.00 bits per heavy atom. The van der Waals surface area contributed by atoms with Gasteiger partial charge in [0.1, 0.15) is 0 Å². The molecule has 0 radical (unpaired) electrons. The molecule has 1 N–H and O–H groups in total. The van der Waals surface area contributed by atoms with Crippen molar-refractivity contribution in [2.75, 3.05) is 6.54 Å². The second kappa shape index (κ2) is 5.34. The van der Waals surface area contributed by atoms with Crippen molar-refractivity contribution >= 4 is 0 Å². The molecule has 2 unspecified atom stereocenters. The average Bonchev–Trinajstić information content (AvgIpc) is 2.16. The van der Waals surface area contributed by atoms with E-state index in [9.17, 15) is 0 Å². The van der Waals surface area contributed by atoms with E-state index in [1.807, 2.05) is 0 Å². The highest BCUT2D eigenvalue weighted by Gasteiger charge is 2.28. The maximum absolute atomic E-state index is 3.85. The summed E-state index contributed by atoms with van der Waals surface area (Å²) >= 11 is 0. The molecule has 88 valence electrons. The van der Waals surface area contributed by atoms with Gasteiger partial charge >= 0.3 is 0 Å². The van der Waals surface area contributed by atoms with Crippen molar-refractivity contribution < 1.29 is 0 Å². The smallest absolute Gasteiger partial charge is 0.00978 e. The molecule has 2 saturated carbocycles. The molecule has 0 aliphatic heterocycles. The van der Waals surface area contributed by atoms with Crippen LogP contribution in [-0.4, -0.2) is 12.6 Å². The summed E-state index contributed by atoms with van der Waals surface area (Å²) in [6.07, 6.45) is 10.2. The Labute approximate surface area is 95.0 Å². The van der Waals surface area contributed by atoms with Crippen LogP contribution in [0.1, 0.15) is 58.8 Å². The lowest BCUT2D eigenvalue weighted by atomic mass is 9.77. The Balaban J connectivity index is 1.76. The van der Waals surface area contributed by atoms with E-state index in [2.05, 4.69) is 19.2 Å². The van der Waals surface area contributed by atoms with Crippen molar-refractivity contribution in [2.24, 2.45) is 17.8 Å². The van der Waals surface area contributed by atoms with Gasteiger partial charge in [-0.15, -0.1) is 0 Å². The van der Waals surface area contributed by atoms with Gasteiger partial charge in [0.2, 0.25) is 0 Å². The van der Waals surface area contributed by atoms with E-state index in [0.717, 1.165) is 23.8 Å². The van der Waals surface area contributed by atoms with Crippen LogP contribution in [0.2, 0.25) is 0 Å². The molecular formula is C14H27N. The fourth-order valence-corrected chi connectivity index (χ4v) is 3.23. The molecule has 2 atom stereocenters. The number of rotatable bonds is 4. The quantitative estimate of drug-likeness (QED) is 0.746. The van der Waals surface area contributed by atoms with Crippen LogP contribution in [0, 0.1) is 17.8 Å². The maximum Gasteiger partial charge on any atom is 0.00978 e. The van der Waals surface area contributed by atoms with Crippen molar-refractivity contribution in [2.45, 2.75) is 64.8 Å². The first-order valence-corrected chi connectivity index (χ1v) is 7.00. The van der Waals surface area contributed by atoms with Crippen molar-refractivity contribution in [1.82, 2.24) is 5.32 Å². The molecule has 0 aromatic carbocycles. The van der Waals surface area contributed by atoms with E-state index < -0.39 is 0 Å². The summed E-state index contributed by atoms with van der Waals surface area (Å²) in [5, 5.41) is 3.85. The molecule has 2 aliphatic carbocycles. The molecule has 0 spiro atoms. The van der Waals surface area contributed by atoms with Crippen LogP contribution in [0.5, 0.6) is 0 Å². The molecule has 1 heteroatoms. The topological polar surface area (TPSA) is 12.0 Å². The van der Waals surface area contributed by atoms with Crippen molar-refractivity contribution in [3.05, 3.63) is 0 Å². The third-order valence-electron chi connectivity index (χ3n) is 4.57. The van der Waals surface area contributed by atoms with E-state index in [4.69, 9.17) is 0 Å². The van der Waals surface area contributed by atoms with Gasteiger partial charge in [-0.3, -0.25) is 0 Å². The molecule has 0 aromatic heterocycles. The zero-order valence-electron chi connectivity index (χ0n) is 10.5. The van der Waals surface area contributed by atoms with Gasteiger partial charge in [-0.2, -0.15) is 0 Å². The maximum atomic E-state index is 3.85. The van der Waals surface area contributed by atoms with Crippen LogP contribution in [0.25, 0.3) is 0 Å². The van der Waals surface area contributed by atoms with Crippen LogP contribution in [0.4, 0.5) is 0 Å². The van der Waals surface area contributed by atoms with Gasteiger partial charge in [0.15, 0.2) is 0 Å². The predicted molar refractivity (Wildman–Crippen MR) is 65.9 cm³/mol. The van der Waals surface area contributed by atoms with E-state index >= 15 is 0 Å². The third kappa shape index (κ3) is 2.96. The van der Waals surface area contributed by atoms with Gasteiger partial charge < -0.3 is 5.32 Å². The first kappa shape index (κ1) is 11.4. The lowest BCUT2D eigenvalue weighted by Gasteiger charge is -2.37. The van der Waals surface area contributed by atoms with Crippen LogP contribution in [0.15, 0.2) is 0 Å². The number of nitrogens with one attached hydrogen (secondary N) is 1. The molecule has 2 fully saturated rings. The second-order valence-corrected chi connectivity index (χ2v) is 6.00. The Hall–Kier alpha value is -0.0400. The summed E-state index contributed by atoms with van der Waals surface area (Å²) in [4.78, 5) is 0. The van der Waals surface area contributed by atoms with E-state index in [1.54, 1.807) is 0 Å². The standard InChI is InChI=1S/C14H27N/c1-11(2)13-8-3-4-9-14(13)15-10-12-6-5-7-12/h11-15H,3-10H2,1-2H3. The van der Waals surface area contributed by atoms with Crippen LogP contribution in [0.3, 0.4) is 0 Å².